The minimum absolute atomic E-state index is 0.00441. The van der Waals surface area contributed by atoms with Gasteiger partial charge in [0, 0.05) is 29.1 Å². The quantitative estimate of drug-likeness (QED) is 0.153. The van der Waals surface area contributed by atoms with Gasteiger partial charge in [-0.15, -0.1) is 0 Å². The van der Waals surface area contributed by atoms with Crippen LogP contribution in [0.4, 0.5) is 4.79 Å². The van der Waals surface area contributed by atoms with Crippen LogP contribution < -0.4 is 10.0 Å². The number of nitrogens with zero attached hydrogens (tertiary/aromatic N) is 1. The molecular formula is C21H18Cl2N4O6S. The molecule has 2 aromatic carbocycles. The SMILES string of the molecule is O=C(O)NCCc1c(CNS(=O)(=O)c2ccc(CC#C[N+](=O)[O-])cc2)[nH]c2c(Cl)cc(Cl)cc12. The Hall–Kier alpha value is -3.30. The van der Waals surface area contributed by atoms with Crippen molar-refractivity contribution in [1.29, 1.82) is 0 Å². The van der Waals surface area contributed by atoms with Gasteiger partial charge < -0.3 is 15.4 Å². The smallest absolute Gasteiger partial charge is 0.404 e. The van der Waals surface area contributed by atoms with Crippen molar-refractivity contribution in [3.05, 3.63) is 73.4 Å². The molecule has 0 aliphatic heterocycles. The van der Waals surface area contributed by atoms with Crippen molar-refractivity contribution in [2.75, 3.05) is 6.54 Å². The van der Waals surface area contributed by atoms with Crippen LogP contribution in [0.5, 0.6) is 0 Å². The summed E-state index contributed by atoms with van der Waals surface area (Å²) >= 11 is 12.4. The third kappa shape index (κ3) is 6.39. The zero-order chi connectivity index (χ0) is 24.9. The maximum Gasteiger partial charge on any atom is 0.404 e. The zero-order valence-corrected chi connectivity index (χ0v) is 19.7. The van der Waals surface area contributed by atoms with Crippen LogP contribution in [0.15, 0.2) is 41.3 Å². The lowest BCUT2D eigenvalue weighted by atomic mass is 10.1. The van der Waals surface area contributed by atoms with Crippen LogP contribution in [0.2, 0.25) is 10.0 Å². The molecular weight excluding hydrogens is 507 g/mol. The Labute approximate surface area is 204 Å². The third-order valence-corrected chi connectivity index (χ3v) is 6.74. The van der Waals surface area contributed by atoms with Crippen LogP contribution in [0.1, 0.15) is 16.8 Å². The van der Waals surface area contributed by atoms with Crippen LogP contribution in [0, 0.1) is 22.1 Å². The first-order chi connectivity index (χ1) is 16.1. The number of rotatable bonds is 8. The van der Waals surface area contributed by atoms with Crippen molar-refractivity contribution in [3.8, 4) is 12.0 Å². The fraction of sp³-hybridized carbons (Fsp3) is 0.190. The van der Waals surface area contributed by atoms with Crippen LogP contribution in [0.25, 0.3) is 10.9 Å². The predicted molar refractivity (Wildman–Crippen MR) is 127 cm³/mol. The molecule has 1 amide bonds. The van der Waals surface area contributed by atoms with Crippen molar-refractivity contribution in [1.82, 2.24) is 15.0 Å². The molecule has 0 radical (unpaired) electrons. The first kappa shape index (κ1) is 25.3. The molecule has 0 aliphatic rings. The number of hydrogen-bond acceptors (Lipinski definition) is 5. The molecule has 0 aliphatic carbocycles. The van der Waals surface area contributed by atoms with Gasteiger partial charge in [-0.25, -0.2) is 28.0 Å². The summed E-state index contributed by atoms with van der Waals surface area (Å²) < 4.78 is 28.1. The van der Waals surface area contributed by atoms with E-state index in [1.165, 1.54) is 24.3 Å². The number of carboxylic acid groups (broad SMARTS) is 1. The molecule has 178 valence electrons. The number of aromatic nitrogens is 1. The summed E-state index contributed by atoms with van der Waals surface area (Å²) in [5.74, 6) is 2.38. The average molecular weight is 525 g/mol. The van der Waals surface area contributed by atoms with Gasteiger partial charge in [0.2, 0.25) is 10.0 Å². The minimum Gasteiger partial charge on any atom is -0.465 e. The largest absolute Gasteiger partial charge is 0.465 e. The highest BCUT2D eigenvalue weighted by molar-refractivity contribution is 7.89. The molecule has 0 saturated heterocycles. The molecule has 13 heteroatoms. The average Bonchev–Trinajstić information content (AvgIpc) is 3.10. The van der Waals surface area contributed by atoms with E-state index in [4.69, 9.17) is 28.3 Å². The van der Waals surface area contributed by atoms with Crippen molar-refractivity contribution >= 4 is 50.2 Å². The van der Waals surface area contributed by atoms with E-state index in [-0.39, 0.29) is 30.8 Å². The predicted octanol–water partition coefficient (Wildman–Crippen LogP) is 3.54. The van der Waals surface area contributed by atoms with E-state index in [0.717, 1.165) is 0 Å². The lowest BCUT2D eigenvalue weighted by Crippen LogP contribution is -2.25. The van der Waals surface area contributed by atoms with E-state index in [0.29, 0.717) is 37.8 Å². The highest BCUT2D eigenvalue weighted by Gasteiger charge is 2.19. The number of amides is 1. The number of nitro groups is 1. The topological polar surface area (TPSA) is 154 Å². The number of halogens is 2. The third-order valence-electron chi connectivity index (χ3n) is 4.81. The number of fused-ring (bicyclic) bond motifs is 1. The molecule has 10 nitrogen and oxygen atoms in total. The molecule has 0 spiro atoms. The second-order valence-electron chi connectivity index (χ2n) is 7.07. The van der Waals surface area contributed by atoms with Crippen molar-refractivity contribution in [3.63, 3.8) is 0 Å². The lowest BCUT2D eigenvalue weighted by molar-refractivity contribution is -0.379. The second kappa shape index (κ2) is 10.8. The Kier molecular flexibility index (Phi) is 8.01. The van der Waals surface area contributed by atoms with Gasteiger partial charge in [-0.05, 0) is 47.7 Å². The highest BCUT2D eigenvalue weighted by Crippen LogP contribution is 2.32. The van der Waals surface area contributed by atoms with Crippen molar-refractivity contribution in [2.45, 2.75) is 24.3 Å². The van der Waals surface area contributed by atoms with E-state index in [1.54, 1.807) is 18.2 Å². The maximum absolute atomic E-state index is 12.8. The molecule has 0 unspecified atom stereocenters. The van der Waals surface area contributed by atoms with Crippen LogP contribution in [-0.4, -0.2) is 36.1 Å². The van der Waals surface area contributed by atoms with Crippen molar-refractivity contribution < 1.29 is 23.2 Å². The molecule has 0 atom stereocenters. The molecule has 3 rings (SSSR count). The first-order valence-electron chi connectivity index (χ1n) is 9.73. The molecule has 0 saturated carbocycles. The Morgan fingerprint density at radius 1 is 1.21 bits per heavy atom. The summed E-state index contributed by atoms with van der Waals surface area (Å²) in [5, 5.41) is 22.8. The van der Waals surface area contributed by atoms with Crippen LogP contribution in [0.3, 0.4) is 0 Å². The first-order valence-corrected chi connectivity index (χ1v) is 12.0. The van der Waals surface area contributed by atoms with E-state index in [2.05, 4.69) is 20.9 Å². The second-order valence-corrected chi connectivity index (χ2v) is 9.68. The summed E-state index contributed by atoms with van der Waals surface area (Å²) in [6, 6.07) is 10.8. The standard InChI is InChI=1S/C21H18Cl2N4O6S/c22-14-10-17-16(7-8-24-21(28)29)19(26-20(17)18(23)11-14)12-25-34(32,33)15-5-3-13(4-6-15)2-1-9-27(30)31/h3-6,10-11,24-26H,2,7-8,12H2,(H,28,29). The molecule has 1 heterocycles. The molecule has 1 aromatic heterocycles. The number of nitrogens with one attached hydrogen (secondary N) is 3. The molecule has 4 N–H and O–H groups in total. The highest BCUT2D eigenvalue weighted by atomic mass is 35.5. The Morgan fingerprint density at radius 3 is 2.56 bits per heavy atom. The number of carbonyl (C=O) groups is 1. The summed E-state index contributed by atoms with van der Waals surface area (Å²) in [4.78, 5) is 23.4. The number of sulfonamides is 1. The van der Waals surface area contributed by atoms with E-state index in [1.807, 2.05) is 0 Å². The monoisotopic (exact) mass is 524 g/mol. The molecule has 0 bridgehead atoms. The summed E-state index contributed by atoms with van der Waals surface area (Å²) in [6.07, 6.45) is -0.785. The number of H-pyrrole nitrogens is 1. The fourth-order valence-electron chi connectivity index (χ4n) is 3.30. The van der Waals surface area contributed by atoms with Gasteiger partial charge in [0.1, 0.15) is 4.92 Å². The maximum atomic E-state index is 12.8. The summed E-state index contributed by atoms with van der Waals surface area (Å²) in [5.41, 5.74) is 2.38. The Bertz CT molecular complexity index is 1410. The summed E-state index contributed by atoms with van der Waals surface area (Å²) in [7, 11) is -3.90. The molecule has 0 fully saturated rings. The van der Waals surface area contributed by atoms with Crippen LogP contribution >= 0.6 is 23.2 Å². The van der Waals surface area contributed by atoms with Gasteiger partial charge >= 0.3 is 6.09 Å². The fourth-order valence-corrected chi connectivity index (χ4v) is 4.84. The Morgan fingerprint density at radius 2 is 1.91 bits per heavy atom. The zero-order valence-electron chi connectivity index (χ0n) is 17.4. The summed E-state index contributed by atoms with van der Waals surface area (Å²) in [6.45, 7) is -0.00357. The van der Waals surface area contributed by atoms with E-state index >= 15 is 0 Å². The number of hydrogen-bond donors (Lipinski definition) is 4. The van der Waals surface area contributed by atoms with E-state index in [9.17, 15) is 23.3 Å². The molecule has 3 aromatic rings. The van der Waals surface area contributed by atoms with E-state index < -0.39 is 21.0 Å². The van der Waals surface area contributed by atoms with Gasteiger partial charge in [-0.3, -0.25) is 0 Å². The number of benzene rings is 2. The van der Waals surface area contributed by atoms with Gasteiger partial charge in [0.05, 0.1) is 22.0 Å². The minimum atomic E-state index is -3.90. The van der Waals surface area contributed by atoms with Gasteiger partial charge in [-0.2, -0.15) is 0 Å². The number of aromatic amines is 1. The Balaban J connectivity index is 1.81. The van der Waals surface area contributed by atoms with Gasteiger partial charge in [0.15, 0.2) is 0 Å². The van der Waals surface area contributed by atoms with Gasteiger partial charge in [0.25, 0.3) is 6.04 Å². The normalized spacial score (nSPS) is 11.1. The van der Waals surface area contributed by atoms with Crippen molar-refractivity contribution in [2.24, 2.45) is 0 Å². The lowest BCUT2D eigenvalue weighted by Gasteiger charge is -2.09. The van der Waals surface area contributed by atoms with Crippen LogP contribution in [-0.2, 0) is 29.4 Å². The van der Waals surface area contributed by atoms with Gasteiger partial charge in [-0.1, -0.05) is 35.3 Å². The molecule has 34 heavy (non-hydrogen) atoms.